The number of benzene rings is 2. The van der Waals surface area contributed by atoms with Gasteiger partial charge in [0.2, 0.25) is 10.0 Å². The number of rotatable bonds is 8. The molecule has 0 aliphatic rings. The topological polar surface area (TPSA) is 124 Å². The van der Waals surface area contributed by atoms with E-state index in [1.807, 2.05) is 0 Å². The first-order valence-electron chi connectivity index (χ1n) is 9.26. The molecule has 0 heterocycles. The second-order valence-corrected chi connectivity index (χ2v) is 8.48. The van der Waals surface area contributed by atoms with Gasteiger partial charge in [-0.1, -0.05) is 6.07 Å². The number of methoxy groups -OCH3 is 2. The van der Waals surface area contributed by atoms with Gasteiger partial charge >= 0.3 is 12.3 Å². The first-order chi connectivity index (χ1) is 15.8. The number of halogens is 3. The van der Waals surface area contributed by atoms with Crippen molar-refractivity contribution in [3.05, 3.63) is 53.6 Å². The number of carbonyl (C=O) groups is 2. The summed E-state index contributed by atoms with van der Waals surface area (Å²) in [5, 5.41) is 3.70. The van der Waals surface area contributed by atoms with Crippen molar-refractivity contribution in [3.63, 3.8) is 0 Å². The summed E-state index contributed by atoms with van der Waals surface area (Å²) in [7, 11) is -1.63. The van der Waals surface area contributed by atoms with Gasteiger partial charge in [-0.15, -0.1) is 0 Å². The van der Waals surface area contributed by atoms with Crippen molar-refractivity contribution in [1.29, 1.82) is 0 Å². The maximum Gasteiger partial charge on any atom is 0.513 e. The Kier molecular flexibility index (Phi) is 8.46. The van der Waals surface area contributed by atoms with Gasteiger partial charge in [-0.05, 0) is 42.0 Å². The number of amides is 1. The zero-order chi connectivity index (χ0) is 25.5. The summed E-state index contributed by atoms with van der Waals surface area (Å²) in [6.45, 7) is -0.813. The van der Waals surface area contributed by atoms with Crippen LogP contribution in [0.2, 0.25) is 0 Å². The molecule has 2 aromatic rings. The molecular weight excluding hydrogens is 483 g/mol. The number of sulfonamides is 1. The van der Waals surface area contributed by atoms with Gasteiger partial charge in [0.1, 0.15) is 6.54 Å². The molecule has 1 N–H and O–H groups in total. The van der Waals surface area contributed by atoms with Gasteiger partial charge in [0.15, 0.2) is 11.5 Å². The molecule has 10 nitrogen and oxygen atoms in total. The van der Waals surface area contributed by atoms with Gasteiger partial charge in [0.25, 0.3) is 5.91 Å². The van der Waals surface area contributed by atoms with Gasteiger partial charge in [-0.25, -0.2) is 18.6 Å². The van der Waals surface area contributed by atoms with Crippen LogP contribution in [0.3, 0.4) is 0 Å². The third-order valence-corrected chi connectivity index (χ3v) is 5.24. The van der Waals surface area contributed by atoms with E-state index in [0.29, 0.717) is 15.9 Å². The van der Waals surface area contributed by atoms with E-state index in [4.69, 9.17) is 9.47 Å². The molecule has 0 atom stereocenters. The lowest BCUT2D eigenvalue weighted by Gasteiger charge is -2.22. The van der Waals surface area contributed by atoms with E-state index < -0.39 is 40.4 Å². The van der Waals surface area contributed by atoms with Crippen molar-refractivity contribution in [2.24, 2.45) is 5.10 Å². The molecule has 34 heavy (non-hydrogen) atoms. The zero-order valence-corrected chi connectivity index (χ0v) is 18.9. The number of nitrogens with zero attached hydrogens (tertiary/aromatic N) is 2. The molecule has 0 unspecified atom stereocenters. The summed E-state index contributed by atoms with van der Waals surface area (Å²) in [5.41, 5.74) is 1.11. The Morgan fingerprint density at radius 2 is 1.82 bits per heavy atom. The van der Waals surface area contributed by atoms with Crippen LogP contribution in [0.4, 0.5) is 23.7 Å². The minimum Gasteiger partial charge on any atom is -0.493 e. The number of nitrogens with one attached hydrogen (secondary N) is 1. The third-order valence-electron chi connectivity index (χ3n) is 4.10. The Labute approximate surface area is 193 Å². The first kappa shape index (κ1) is 26.4. The largest absolute Gasteiger partial charge is 0.513 e. The van der Waals surface area contributed by atoms with Crippen LogP contribution >= 0.6 is 0 Å². The number of carbonyl (C=O) groups excluding carboxylic acids is 2. The number of alkyl halides is 3. The summed E-state index contributed by atoms with van der Waals surface area (Å²) in [6.07, 6.45) is -3.70. The molecule has 0 saturated heterocycles. The fraction of sp³-hybridized carbons (Fsp3) is 0.250. The smallest absolute Gasteiger partial charge is 0.493 e. The summed E-state index contributed by atoms with van der Waals surface area (Å²) < 4.78 is 78.0. The summed E-state index contributed by atoms with van der Waals surface area (Å²) in [5.74, 6) is -0.675. The van der Waals surface area contributed by atoms with Crippen molar-refractivity contribution in [2.75, 3.05) is 31.3 Å². The molecule has 0 spiro atoms. The van der Waals surface area contributed by atoms with Crippen LogP contribution in [-0.4, -0.2) is 53.7 Å². The van der Waals surface area contributed by atoms with E-state index in [0.717, 1.165) is 31.6 Å². The fourth-order valence-corrected chi connectivity index (χ4v) is 3.41. The van der Waals surface area contributed by atoms with Gasteiger partial charge in [-0.3, -0.25) is 9.10 Å². The molecular formula is C20H20F3N3O7S. The average Bonchev–Trinajstić information content (AvgIpc) is 2.77. The quantitative estimate of drug-likeness (QED) is 0.254. The number of hydrazone groups is 1. The van der Waals surface area contributed by atoms with Crippen molar-refractivity contribution in [3.8, 4) is 11.5 Å². The molecule has 0 radical (unpaired) electrons. The van der Waals surface area contributed by atoms with Crippen molar-refractivity contribution < 1.29 is 45.4 Å². The molecule has 184 valence electrons. The van der Waals surface area contributed by atoms with Gasteiger partial charge in [0, 0.05) is 0 Å². The van der Waals surface area contributed by atoms with Gasteiger partial charge in [0.05, 0.1) is 37.9 Å². The summed E-state index contributed by atoms with van der Waals surface area (Å²) in [6, 6.07) is 7.87. The van der Waals surface area contributed by atoms with Crippen LogP contribution in [0.15, 0.2) is 47.6 Å². The highest BCUT2D eigenvalue weighted by molar-refractivity contribution is 7.92. The molecule has 0 aliphatic heterocycles. The summed E-state index contributed by atoms with van der Waals surface area (Å²) >= 11 is 0. The highest BCUT2D eigenvalue weighted by Gasteiger charge is 2.32. The van der Waals surface area contributed by atoms with Crippen molar-refractivity contribution in [2.45, 2.75) is 6.18 Å². The molecule has 0 aliphatic carbocycles. The summed E-state index contributed by atoms with van der Waals surface area (Å²) in [4.78, 5) is 23.5. The standard InChI is InChI=1S/C20H20F3N3O7S/c1-31-17-9-13(7-8-16(17)33-19(28)32-2)11-24-25-18(27)12-26(34(3,29)30)15-6-4-5-14(10-15)20(21,22)23/h4-11H,12H2,1-3H3,(H,25,27)/b24-11-. The van der Waals surface area contributed by atoms with Crippen LogP contribution in [0.5, 0.6) is 11.5 Å². The van der Waals surface area contributed by atoms with E-state index in [2.05, 4.69) is 15.3 Å². The maximum atomic E-state index is 13.0. The van der Waals surface area contributed by atoms with Crippen LogP contribution in [0.25, 0.3) is 0 Å². The normalized spacial score (nSPS) is 11.7. The number of ether oxygens (including phenoxy) is 3. The lowest BCUT2D eigenvalue weighted by Crippen LogP contribution is -2.39. The second kappa shape index (κ2) is 10.9. The molecule has 1 amide bonds. The number of anilines is 1. The second-order valence-electron chi connectivity index (χ2n) is 6.58. The Balaban J connectivity index is 2.13. The van der Waals surface area contributed by atoms with Crippen molar-refractivity contribution >= 4 is 34.0 Å². The molecule has 2 rings (SSSR count). The van der Waals surface area contributed by atoms with E-state index in [-0.39, 0.29) is 17.2 Å². The van der Waals surface area contributed by atoms with Gasteiger partial charge < -0.3 is 14.2 Å². The third kappa shape index (κ3) is 7.37. The molecule has 2 aromatic carbocycles. The van der Waals surface area contributed by atoms with E-state index >= 15 is 0 Å². The SMILES string of the molecule is COC(=O)Oc1ccc(/C=N\NC(=O)CN(c2cccc(C(F)(F)F)c2)S(C)(=O)=O)cc1OC. The zero-order valence-electron chi connectivity index (χ0n) is 18.1. The molecule has 0 fully saturated rings. The van der Waals surface area contributed by atoms with Crippen LogP contribution in [0, 0.1) is 0 Å². The molecule has 0 aromatic heterocycles. The fourth-order valence-electron chi connectivity index (χ4n) is 2.56. The number of hydrogen-bond acceptors (Lipinski definition) is 8. The van der Waals surface area contributed by atoms with Crippen LogP contribution in [0.1, 0.15) is 11.1 Å². The molecule has 0 saturated carbocycles. The lowest BCUT2D eigenvalue weighted by atomic mass is 10.2. The molecule has 0 bridgehead atoms. The maximum absolute atomic E-state index is 13.0. The Morgan fingerprint density at radius 3 is 2.41 bits per heavy atom. The highest BCUT2D eigenvalue weighted by atomic mass is 32.2. The van der Waals surface area contributed by atoms with E-state index in [1.165, 1.54) is 31.5 Å². The predicted molar refractivity (Wildman–Crippen MR) is 115 cm³/mol. The lowest BCUT2D eigenvalue weighted by molar-refractivity contribution is -0.137. The van der Waals surface area contributed by atoms with E-state index in [1.54, 1.807) is 0 Å². The predicted octanol–water partition coefficient (Wildman–Crippen LogP) is 2.78. The first-order valence-corrected chi connectivity index (χ1v) is 11.1. The van der Waals surface area contributed by atoms with Gasteiger partial charge in [-0.2, -0.15) is 18.3 Å². The van der Waals surface area contributed by atoms with E-state index in [9.17, 15) is 31.2 Å². The van der Waals surface area contributed by atoms with Crippen molar-refractivity contribution in [1.82, 2.24) is 5.43 Å². The minimum atomic E-state index is -4.69. The monoisotopic (exact) mass is 503 g/mol. The van der Waals surface area contributed by atoms with Crippen LogP contribution in [-0.2, 0) is 25.7 Å². The highest BCUT2D eigenvalue weighted by Crippen LogP contribution is 2.32. The minimum absolute atomic E-state index is 0.0698. The van der Waals surface area contributed by atoms with Crippen LogP contribution < -0.4 is 19.2 Å². The average molecular weight is 503 g/mol. The Morgan fingerprint density at radius 1 is 1.12 bits per heavy atom. The Bertz CT molecular complexity index is 1180. The Hall–Kier alpha value is -3.81. The number of hydrogen-bond donors (Lipinski definition) is 1. The molecule has 14 heteroatoms.